The molecule has 5 rings (SSSR count). The highest BCUT2D eigenvalue weighted by Gasteiger charge is 2.23. The first kappa shape index (κ1) is 21.2. The Bertz CT molecular complexity index is 1360. The van der Waals surface area contributed by atoms with Crippen LogP contribution in [0.1, 0.15) is 52.4 Å². The summed E-state index contributed by atoms with van der Waals surface area (Å²) in [6.07, 6.45) is 0.960. The van der Waals surface area contributed by atoms with E-state index in [1.54, 1.807) is 0 Å². The molecule has 0 saturated heterocycles. The number of pyridine rings is 1. The van der Waals surface area contributed by atoms with Gasteiger partial charge in [0.1, 0.15) is 11.6 Å². The minimum absolute atomic E-state index is 0.276. The molecular formula is C29H28N2O2. The van der Waals surface area contributed by atoms with Crippen LogP contribution in [0.2, 0.25) is 0 Å². The summed E-state index contributed by atoms with van der Waals surface area (Å²) in [4.78, 5) is 20.0. The lowest BCUT2D eigenvalue weighted by Crippen LogP contribution is -2.15. The minimum atomic E-state index is -0.338. The average Bonchev–Trinajstić information content (AvgIpc) is 3.20. The van der Waals surface area contributed by atoms with E-state index in [9.17, 15) is 4.79 Å². The number of carbonyl (C=O) groups excluding carboxylic acids is 1. The summed E-state index contributed by atoms with van der Waals surface area (Å²) in [6, 6.07) is 22.3. The standard InChI is InChI=1S/C29H28N2O2/c1-18(2)25-12-6-20(4)16-27(25)33-29(32)21-8-10-24(11-9-21)31-14-13-23-17-22-7-5-19(3)15-26(22)30-28(23)31/h5-12,15-18H,13-14H2,1-4H3. The zero-order valence-corrected chi connectivity index (χ0v) is 19.6. The molecule has 4 heteroatoms. The van der Waals surface area contributed by atoms with E-state index in [0.29, 0.717) is 11.3 Å². The maximum absolute atomic E-state index is 12.9. The van der Waals surface area contributed by atoms with Gasteiger partial charge in [-0.3, -0.25) is 0 Å². The van der Waals surface area contributed by atoms with Gasteiger partial charge in [-0.15, -0.1) is 0 Å². The second kappa shape index (κ2) is 8.36. The zero-order valence-electron chi connectivity index (χ0n) is 19.6. The van der Waals surface area contributed by atoms with Crippen molar-refractivity contribution >= 4 is 28.4 Å². The van der Waals surface area contributed by atoms with Crippen LogP contribution in [-0.4, -0.2) is 17.5 Å². The van der Waals surface area contributed by atoms with Crippen molar-refractivity contribution in [1.82, 2.24) is 4.98 Å². The lowest BCUT2D eigenvalue weighted by molar-refractivity contribution is 0.0733. The molecule has 0 spiro atoms. The summed E-state index contributed by atoms with van der Waals surface area (Å²) in [5, 5.41) is 1.18. The van der Waals surface area contributed by atoms with Crippen molar-refractivity contribution in [2.75, 3.05) is 11.4 Å². The van der Waals surface area contributed by atoms with Crippen LogP contribution < -0.4 is 9.64 Å². The third-order valence-electron chi connectivity index (χ3n) is 6.30. The van der Waals surface area contributed by atoms with Crippen LogP contribution in [-0.2, 0) is 6.42 Å². The van der Waals surface area contributed by atoms with Crippen LogP contribution in [0.5, 0.6) is 5.75 Å². The van der Waals surface area contributed by atoms with E-state index >= 15 is 0 Å². The highest BCUT2D eigenvalue weighted by atomic mass is 16.5. The number of carbonyl (C=O) groups is 1. The molecule has 166 valence electrons. The van der Waals surface area contributed by atoms with Crippen LogP contribution in [0.15, 0.2) is 66.7 Å². The topological polar surface area (TPSA) is 42.4 Å². The summed E-state index contributed by atoms with van der Waals surface area (Å²) in [5.41, 5.74) is 7.15. The third kappa shape index (κ3) is 4.09. The number of benzene rings is 3. The SMILES string of the molecule is Cc1ccc(C(C)C)c(OC(=O)c2ccc(N3CCc4cc5ccc(C)cc5nc43)cc2)c1. The number of anilines is 2. The number of hydrogen-bond acceptors (Lipinski definition) is 4. The van der Waals surface area contributed by atoms with Gasteiger partial charge in [0.2, 0.25) is 0 Å². The Balaban J connectivity index is 1.39. The average molecular weight is 437 g/mol. The van der Waals surface area contributed by atoms with Crippen LogP contribution >= 0.6 is 0 Å². The van der Waals surface area contributed by atoms with Crippen molar-refractivity contribution in [3.8, 4) is 5.75 Å². The molecule has 0 saturated carbocycles. The lowest BCUT2D eigenvalue weighted by atomic mass is 10.0. The number of ether oxygens (including phenoxy) is 1. The van der Waals surface area contributed by atoms with Crippen LogP contribution in [0, 0.1) is 13.8 Å². The zero-order chi connectivity index (χ0) is 23.1. The molecule has 0 aliphatic carbocycles. The lowest BCUT2D eigenvalue weighted by Gasteiger charge is -2.19. The molecule has 4 nitrogen and oxygen atoms in total. The highest BCUT2D eigenvalue weighted by molar-refractivity contribution is 5.92. The Kier molecular flexibility index (Phi) is 5.37. The van der Waals surface area contributed by atoms with Gasteiger partial charge in [0.25, 0.3) is 0 Å². The van der Waals surface area contributed by atoms with Crippen LogP contribution in [0.25, 0.3) is 10.9 Å². The van der Waals surface area contributed by atoms with Crippen molar-refractivity contribution in [2.45, 2.75) is 40.0 Å². The molecule has 4 aromatic rings. The maximum atomic E-state index is 12.9. The van der Waals surface area contributed by atoms with E-state index in [4.69, 9.17) is 9.72 Å². The van der Waals surface area contributed by atoms with Gasteiger partial charge in [0, 0.05) is 17.6 Å². The predicted octanol–water partition coefficient (Wildman–Crippen LogP) is 6.89. The van der Waals surface area contributed by atoms with Gasteiger partial charge < -0.3 is 9.64 Å². The van der Waals surface area contributed by atoms with E-state index < -0.39 is 0 Å². The van der Waals surface area contributed by atoms with Crippen molar-refractivity contribution in [1.29, 1.82) is 0 Å². The Morgan fingerprint density at radius 2 is 1.67 bits per heavy atom. The molecule has 33 heavy (non-hydrogen) atoms. The van der Waals surface area contributed by atoms with Gasteiger partial charge in [0.05, 0.1) is 11.1 Å². The van der Waals surface area contributed by atoms with E-state index in [-0.39, 0.29) is 11.9 Å². The number of esters is 1. The van der Waals surface area contributed by atoms with Gasteiger partial charge in [-0.05, 0) is 90.9 Å². The first-order valence-corrected chi connectivity index (χ1v) is 11.5. The molecule has 0 radical (unpaired) electrons. The monoisotopic (exact) mass is 436 g/mol. The van der Waals surface area contributed by atoms with Gasteiger partial charge in [-0.2, -0.15) is 0 Å². The molecule has 0 atom stereocenters. The summed E-state index contributed by atoms with van der Waals surface area (Å²) >= 11 is 0. The van der Waals surface area contributed by atoms with Crippen molar-refractivity contribution < 1.29 is 9.53 Å². The molecule has 0 fully saturated rings. The first-order chi connectivity index (χ1) is 15.9. The van der Waals surface area contributed by atoms with Crippen LogP contribution in [0.4, 0.5) is 11.5 Å². The normalized spacial score (nSPS) is 12.9. The van der Waals surface area contributed by atoms with Crippen molar-refractivity contribution in [3.63, 3.8) is 0 Å². The summed E-state index contributed by atoms with van der Waals surface area (Å²) in [6.45, 7) is 9.17. The summed E-state index contributed by atoms with van der Waals surface area (Å²) in [5.74, 6) is 1.58. The molecule has 3 aromatic carbocycles. The van der Waals surface area contributed by atoms with E-state index in [0.717, 1.165) is 41.1 Å². The maximum Gasteiger partial charge on any atom is 0.343 e. The Morgan fingerprint density at radius 1 is 0.939 bits per heavy atom. The van der Waals surface area contributed by atoms with E-state index in [1.165, 1.54) is 16.5 Å². The molecule has 0 unspecified atom stereocenters. The molecule has 0 N–H and O–H groups in total. The predicted molar refractivity (Wildman–Crippen MR) is 134 cm³/mol. The van der Waals surface area contributed by atoms with Gasteiger partial charge in [-0.25, -0.2) is 9.78 Å². The molecule has 1 aliphatic heterocycles. The molecule has 1 aromatic heterocycles. The number of fused-ring (bicyclic) bond motifs is 2. The molecule has 2 heterocycles. The molecular weight excluding hydrogens is 408 g/mol. The number of rotatable bonds is 4. The fourth-order valence-corrected chi connectivity index (χ4v) is 4.46. The fourth-order valence-electron chi connectivity index (χ4n) is 4.46. The summed E-state index contributed by atoms with van der Waals surface area (Å²) < 4.78 is 5.79. The fraction of sp³-hybridized carbons (Fsp3) is 0.241. The van der Waals surface area contributed by atoms with Crippen molar-refractivity contribution in [2.24, 2.45) is 0 Å². The van der Waals surface area contributed by atoms with Crippen molar-refractivity contribution in [3.05, 3.63) is 94.5 Å². The number of aryl methyl sites for hydroxylation is 2. The van der Waals surface area contributed by atoms with Gasteiger partial charge >= 0.3 is 5.97 Å². The second-order valence-electron chi connectivity index (χ2n) is 9.20. The molecule has 1 aliphatic rings. The quantitative estimate of drug-likeness (QED) is 0.258. The number of aromatic nitrogens is 1. The minimum Gasteiger partial charge on any atom is -0.423 e. The second-order valence-corrected chi connectivity index (χ2v) is 9.20. The summed E-state index contributed by atoms with van der Waals surface area (Å²) in [7, 11) is 0. The van der Waals surface area contributed by atoms with Gasteiger partial charge in [-0.1, -0.05) is 38.1 Å². The smallest absolute Gasteiger partial charge is 0.343 e. The Morgan fingerprint density at radius 3 is 2.42 bits per heavy atom. The van der Waals surface area contributed by atoms with E-state index in [1.807, 2.05) is 49.4 Å². The molecule has 0 amide bonds. The first-order valence-electron chi connectivity index (χ1n) is 11.5. The van der Waals surface area contributed by atoms with Gasteiger partial charge in [0.15, 0.2) is 0 Å². The van der Waals surface area contributed by atoms with E-state index in [2.05, 4.69) is 49.9 Å². The number of nitrogens with zero attached hydrogens (tertiary/aromatic N) is 2. The van der Waals surface area contributed by atoms with Crippen LogP contribution in [0.3, 0.4) is 0 Å². The molecule has 0 bridgehead atoms. The third-order valence-corrected chi connectivity index (χ3v) is 6.30. The number of hydrogen-bond donors (Lipinski definition) is 0. The Labute approximate surface area is 194 Å². The largest absolute Gasteiger partial charge is 0.423 e. The highest BCUT2D eigenvalue weighted by Crippen LogP contribution is 2.35. The Hall–Kier alpha value is -3.66.